The van der Waals surface area contributed by atoms with E-state index in [1.165, 1.54) is 36.5 Å². The minimum Gasteiger partial charge on any atom is -0.299 e. The number of hydrogen-bond acceptors (Lipinski definition) is 6. The summed E-state index contributed by atoms with van der Waals surface area (Å²) in [5.41, 5.74) is 0. The van der Waals surface area contributed by atoms with Gasteiger partial charge < -0.3 is 0 Å². The molecule has 0 spiro atoms. The van der Waals surface area contributed by atoms with Gasteiger partial charge in [0.15, 0.2) is 0 Å². The van der Waals surface area contributed by atoms with Crippen molar-refractivity contribution >= 4 is 55.6 Å². The van der Waals surface area contributed by atoms with Crippen molar-refractivity contribution < 1.29 is 13.2 Å². The molecule has 1 aliphatic carbocycles. The summed E-state index contributed by atoms with van der Waals surface area (Å²) < 4.78 is 27.2. The summed E-state index contributed by atoms with van der Waals surface area (Å²) in [6, 6.07) is 3.30. The second kappa shape index (κ2) is 7.16. The van der Waals surface area contributed by atoms with Crippen LogP contribution in [0, 0.1) is 0 Å². The molecule has 2 aromatic rings. The molecule has 2 N–H and O–H groups in total. The van der Waals surface area contributed by atoms with Gasteiger partial charge in [-0.15, -0.1) is 10.2 Å². The Labute approximate surface area is 158 Å². The third-order valence-electron chi connectivity index (χ3n) is 3.51. The Morgan fingerprint density at radius 3 is 2.52 bits per heavy atom. The van der Waals surface area contributed by atoms with Gasteiger partial charge in [0.2, 0.25) is 21.1 Å². The Morgan fingerprint density at radius 2 is 1.92 bits per heavy atom. The van der Waals surface area contributed by atoms with E-state index in [1.54, 1.807) is 0 Å². The van der Waals surface area contributed by atoms with Crippen LogP contribution in [0.15, 0.2) is 23.1 Å². The number of amides is 1. The summed E-state index contributed by atoms with van der Waals surface area (Å²) in [5, 5.41) is 11.7. The second-order valence-electron chi connectivity index (χ2n) is 5.60. The van der Waals surface area contributed by atoms with Gasteiger partial charge in [0.25, 0.3) is 0 Å². The van der Waals surface area contributed by atoms with Crippen molar-refractivity contribution in [1.82, 2.24) is 14.9 Å². The first kappa shape index (κ1) is 18.5. The number of nitrogens with one attached hydrogen (secondary N) is 2. The van der Waals surface area contributed by atoms with E-state index in [1.807, 2.05) is 0 Å². The van der Waals surface area contributed by atoms with Crippen LogP contribution in [0.25, 0.3) is 0 Å². The molecule has 11 heteroatoms. The lowest BCUT2D eigenvalue weighted by Gasteiger charge is -2.14. The third-order valence-corrected chi connectivity index (χ3v) is 7.01. The van der Waals surface area contributed by atoms with Crippen LogP contribution in [-0.4, -0.2) is 30.6 Å². The van der Waals surface area contributed by atoms with Crippen molar-refractivity contribution in [2.75, 3.05) is 5.32 Å². The number of aromatic nitrogens is 2. The molecular formula is C14H14Cl2N4O3S2. The molecular weight excluding hydrogens is 407 g/mol. The molecule has 0 radical (unpaired) electrons. The van der Waals surface area contributed by atoms with Crippen molar-refractivity contribution in [3.05, 3.63) is 33.3 Å². The van der Waals surface area contributed by atoms with Crippen LogP contribution in [0.3, 0.4) is 0 Å². The van der Waals surface area contributed by atoms with Crippen LogP contribution >= 0.6 is 34.5 Å². The SMILES string of the molecule is C[C@H](NS(=O)(=O)c1c(Cl)cccc1Cl)C(=O)Nc1nnc(C2CC2)s1. The maximum absolute atomic E-state index is 12.5. The van der Waals surface area contributed by atoms with Crippen molar-refractivity contribution in [3.63, 3.8) is 0 Å². The lowest BCUT2D eigenvalue weighted by Crippen LogP contribution is -2.41. The molecule has 1 atom stereocenters. The zero-order valence-electron chi connectivity index (χ0n) is 13.0. The van der Waals surface area contributed by atoms with E-state index in [-0.39, 0.29) is 14.9 Å². The highest BCUT2D eigenvalue weighted by atomic mass is 35.5. The van der Waals surface area contributed by atoms with Gasteiger partial charge in [-0.25, -0.2) is 8.42 Å². The summed E-state index contributed by atoms with van der Waals surface area (Å²) >= 11 is 13.1. The number of carbonyl (C=O) groups excluding carboxylic acids is 1. The Bertz CT molecular complexity index is 892. The first-order valence-electron chi connectivity index (χ1n) is 7.38. The normalized spacial score (nSPS) is 15.8. The molecule has 1 aromatic carbocycles. The first-order chi connectivity index (χ1) is 11.8. The number of benzene rings is 1. The van der Waals surface area contributed by atoms with Crippen LogP contribution in [0.1, 0.15) is 30.7 Å². The van der Waals surface area contributed by atoms with Gasteiger partial charge >= 0.3 is 0 Å². The van der Waals surface area contributed by atoms with E-state index >= 15 is 0 Å². The summed E-state index contributed by atoms with van der Waals surface area (Å²) in [6.07, 6.45) is 2.16. The predicted molar refractivity (Wildman–Crippen MR) is 96.8 cm³/mol. The first-order valence-corrected chi connectivity index (χ1v) is 10.4. The van der Waals surface area contributed by atoms with Crippen molar-refractivity contribution in [3.8, 4) is 0 Å². The topological polar surface area (TPSA) is 101 Å². The van der Waals surface area contributed by atoms with Gasteiger partial charge in [-0.3, -0.25) is 10.1 Å². The minimum atomic E-state index is -4.06. The van der Waals surface area contributed by atoms with Gasteiger partial charge in [0.1, 0.15) is 9.90 Å². The third kappa shape index (κ3) is 4.29. The molecule has 25 heavy (non-hydrogen) atoms. The molecule has 1 fully saturated rings. The molecule has 1 aliphatic rings. The number of sulfonamides is 1. The molecule has 1 aromatic heterocycles. The van der Waals surface area contributed by atoms with Crippen LogP contribution in [0.2, 0.25) is 10.0 Å². The number of hydrogen-bond donors (Lipinski definition) is 2. The molecule has 1 heterocycles. The van der Waals surface area contributed by atoms with Crippen molar-refractivity contribution in [2.24, 2.45) is 0 Å². The van der Waals surface area contributed by atoms with E-state index in [0.29, 0.717) is 11.0 Å². The van der Waals surface area contributed by atoms with E-state index in [4.69, 9.17) is 23.2 Å². The lowest BCUT2D eigenvalue weighted by molar-refractivity contribution is -0.117. The Morgan fingerprint density at radius 1 is 1.28 bits per heavy atom. The van der Waals surface area contributed by atoms with E-state index in [2.05, 4.69) is 20.2 Å². The molecule has 0 aliphatic heterocycles. The van der Waals surface area contributed by atoms with Crippen LogP contribution < -0.4 is 10.0 Å². The van der Waals surface area contributed by atoms with Crippen LogP contribution in [0.4, 0.5) is 5.13 Å². The quantitative estimate of drug-likeness (QED) is 0.747. The van der Waals surface area contributed by atoms with Gasteiger partial charge in [0.05, 0.1) is 16.1 Å². The fourth-order valence-electron chi connectivity index (χ4n) is 2.08. The molecule has 7 nitrogen and oxygen atoms in total. The predicted octanol–water partition coefficient (Wildman–Crippen LogP) is 3.03. The maximum atomic E-state index is 12.5. The second-order valence-corrected chi connectivity index (χ2v) is 9.08. The Hall–Kier alpha value is -1.26. The van der Waals surface area contributed by atoms with Gasteiger partial charge in [-0.05, 0) is 31.9 Å². The van der Waals surface area contributed by atoms with Crippen LogP contribution in [-0.2, 0) is 14.8 Å². The number of rotatable bonds is 6. The summed E-state index contributed by atoms with van der Waals surface area (Å²) in [4.78, 5) is 12.0. The van der Waals surface area contributed by atoms with E-state index in [0.717, 1.165) is 17.8 Å². The molecule has 1 amide bonds. The average Bonchev–Trinajstić information content (AvgIpc) is 3.26. The Balaban J connectivity index is 1.69. The molecule has 134 valence electrons. The van der Waals surface area contributed by atoms with E-state index in [9.17, 15) is 13.2 Å². The largest absolute Gasteiger partial charge is 0.299 e. The Kier molecular flexibility index (Phi) is 5.31. The van der Waals surface area contributed by atoms with Crippen molar-refractivity contribution in [2.45, 2.75) is 36.6 Å². The van der Waals surface area contributed by atoms with Gasteiger partial charge in [-0.1, -0.05) is 40.6 Å². The number of anilines is 1. The zero-order chi connectivity index (χ0) is 18.2. The lowest BCUT2D eigenvalue weighted by atomic mass is 10.3. The highest BCUT2D eigenvalue weighted by molar-refractivity contribution is 7.89. The van der Waals surface area contributed by atoms with Crippen molar-refractivity contribution in [1.29, 1.82) is 0 Å². The fourth-order valence-corrected chi connectivity index (χ4v) is 5.34. The van der Waals surface area contributed by atoms with E-state index < -0.39 is 22.0 Å². The van der Waals surface area contributed by atoms with Gasteiger partial charge in [-0.2, -0.15) is 4.72 Å². The number of carbonyl (C=O) groups is 1. The number of nitrogens with zero attached hydrogens (tertiary/aromatic N) is 2. The molecule has 3 rings (SSSR count). The minimum absolute atomic E-state index is 0.0224. The average molecular weight is 421 g/mol. The summed E-state index contributed by atoms with van der Waals surface area (Å²) in [5.74, 6) is -0.119. The van der Waals surface area contributed by atoms with Crippen LogP contribution in [0.5, 0.6) is 0 Å². The highest BCUT2D eigenvalue weighted by Crippen LogP contribution is 2.42. The smallest absolute Gasteiger partial charge is 0.244 e. The molecule has 0 saturated heterocycles. The summed E-state index contributed by atoms with van der Waals surface area (Å²) in [6.45, 7) is 1.42. The zero-order valence-corrected chi connectivity index (χ0v) is 16.1. The van der Waals surface area contributed by atoms with Gasteiger partial charge in [0, 0.05) is 5.92 Å². The summed E-state index contributed by atoms with van der Waals surface area (Å²) in [7, 11) is -4.06. The molecule has 0 unspecified atom stereocenters. The highest BCUT2D eigenvalue weighted by Gasteiger charge is 2.29. The molecule has 0 bridgehead atoms. The monoisotopic (exact) mass is 420 g/mol. The number of halogens is 2. The standard InChI is InChI=1S/C14H14Cl2N4O3S2/c1-7(12(21)17-14-19-18-13(24-14)8-5-6-8)20-25(22,23)11-9(15)3-2-4-10(11)16/h2-4,7-8,20H,5-6H2,1H3,(H,17,19,21)/t7-/m0/s1. The fraction of sp³-hybridized carbons (Fsp3) is 0.357. The molecule has 1 saturated carbocycles. The maximum Gasteiger partial charge on any atom is 0.244 e.